The number of hydrogen-bond donors (Lipinski definition) is 1. The molecule has 1 aliphatic heterocycles. The lowest BCUT2D eigenvalue weighted by Gasteiger charge is -2.36. The number of benzene rings is 2. The normalized spacial score (nSPS) is 16.2. The number of halogens is 1. The van der Waals surface area contributed by atoms with E-state index in [-0.39, 0.29) is 42.2 Å². The van der Waals surface area contributed by atoms with Crippen molar-refractivity contribution in [1.29, 1.82) is 0 Å². The average molecular weight is 521 g/mol. The quantitative estimate of drug-likeness (QED) is 0.527. The molecular formula is C26H33FN2O6S. The van der Waals surface area contributed by atoms with Gasteiger partial charge in [-0.1, -0.05) is 6.07 Å². The summed E-state index contributed by atoms with van der Waals surface area (Å²) in [6.07, 6.45) is -0.298. The number of sulfonamides is 1. The Bertz CT molecular complexity index is 1230. The molecule has 10 heteroatoms. The predicted molar refractivity (Wildman–Crippen MR) is 134 cm³/mol. The van der Waals surface area contributed by atoms with Crippen molar-refractivity contribution in [1.82, 2.24) is 0 Å². The van der Waals surface area contributed by atoms with Crippen LogP contribution in [0.3, 0.4) is 0 Å². The summed E-state index contributed by atoms with van der Waals surface area (Å²) < 4.78 is 53.3. The Morgan fingerprint density at radius 1 is 1.11 bits per heavy atom. The van der Waals surface area contributed by atoms with Crippen molar-refractivity contribution in [2.75, 3.05) is 10.8 Å². The molecule has 2 N–H and O–H groups in total. The Hall–Kier alpha value is -2.98. The summed E-state index contributed by atoms with van der Waals surface area (Å²) >= 11 is 0. The third kappa shape index (κ3) is 6.82. The Morgan fingerprint density at radius 3 is 2.33 bits per heavy atom. The van der Waals surface area contributed by atoms with E-state index >= 15 is 0 Å². The van der Waals surface area contributed by atoms with Crippen LogP contribution in [-0.2, 0) is 30.8 Å². The molecular weight excluding hydrogens is 487 g/mol. The van der Waals surface area contributed by atoms with E-state index in [1.165, 1.54) is 16.4 Å². The van der Waals surface area contributed by atoms with Crippen molar-refractivity contribution in [3.63, 3.8) is 0 Å². The minimum atomic E-state index is -4.11. The van der Waals surface area contributed by atoms with Crippen LogP contribution >= 0.6 is 0 Å². The second kappa shape index (κ2) is 10.2. The van der Waals surface area contributed by atoms with Gasteiger partial charge in [-0.05, 0) is 83.0 Å². The number of fused-ring (bicyclic) bond motifs is 1. The summed E-state index contributed by atoms with van der Waals surface area (Å²) in [7, 11) is -4.11. The van der Waals surface area contributed by atoms with Crippen LogP contribution in [0.4, 0.5) is 10.1 Å². The van der Waals surface area contributed by atoms with Gasteiger partial charge >= 0.3 is 5.97 Å². The zero-order chi connectivity index (χ0) is 26.9. The number of nitrogens with two attached hydrogens (primary N) is 1. The number of rotatable bonds is 8. The molecule has 8 nitrogen and oxygen atoms in total. The zero-order valence-corrected chi connectivity index (χ0v) is 22.0. The summed E-state index contributed by atoms with van der Waals surface area (Å²) in [6.45, 7) is 8.45. The smallest absolute Gasteiger partial charge is 0.310 e. The first-order valence-electron chi connectivity index (χ1n) is 11.7. The lowest BCUT2D eigenvalue weighted by atomic mass is 9.95. The Morgan fingerprint density at radius 2 is 1.75 bits per heavy atom. The fourth-order valence-electron chi connectivity index (χ4n) is 3.74. The summed E-state index contributed by atoms with van der Waals surface area (Å²) in [5.74, 6) is -0.883. The largest absolute Gasteiger partial charge is 0.486 e. The van der Waals surface area contributed by atoms with Gasteiger partial charge in [-0.25, -0.2) is 12.8 Å². The molecule has 1 aliphatic rings. The molecule has 0 spiro atoms. The molecule has 36 heavy (non-hydrogen) atoms. The van der Waals surface area contributed by atoms with Crippen LogP contribution < -0.4 is 14.8 Å². The Labute approximate surface area is 211 Å². The standard InChI is InChI=1S/C26H33FN2O6S/c1-25(2,3)35-24(31)15-17-6-12-22-21(14-17)29(36(32,33)20-10-7-18(27)8-11-20)16-19(34-22)9-13-23(30)26(4,5)28/h6-8,10-12,14,19H,9,13,15-16,28H2,1-5H3/t19-/m0/s1. The van der Waals surface area contributed by atoms with E-state index in [9.17, 15) is 22.4 Å². The molecule has 0 bridgehead atoms. The first-order chi connectivity index (χ1) is 16.6. The number of hydrogen-bond acceptors (Lipinski definition) is 7. The molecule has 2 aromatic rings. The predicted octanol–water partition coefficient (Wildman–Crippen LogP) is 3.75. The third-order valence-corrected chi connectivity index (χ3v) is 7.33. The second-order valence-corrected chi connectivity index (χ2v) is 12.3. The molecule has 0 fully saturated rings. The number of nitrogens with zero attached hydrogens (tertiary/aromatic N) is 1. The second-order valence-electron chi connectivity index (χ2n) is 10.5. The number of anilines is 1. The molecule has 0 saturated carbocycles. The molecule has 0 amide bonds. The molecule has 0 aliphatic carbocycles. The molecule has 0 aromatic heterocycles. The van der Waals surface area contributed by atoms with Gasteiger partial charge in [0.05, 0.1) is 29.1 Å². The minimum absolute atomic E-state index is 0.0570. The van der Waals surface area contributed by atoms with Gasteiger partial charge in [-0.15, -0.1) is 0 Å². The van der Waals surface area contributed by atoms with Gasteiger partial charge in [0.2, 0.25) is 0 Å². The van der Waals surface area contributed by atoms with Gasteiger partial charge in [0.1, 0.15) is 23.3 Å². The van der Waals surface area contributed by atoms with Crippen molar-refractivity contribution < 1.29 is 31.9 Å². The number of esters is 1. The highest BCUT2D eigenvalue weighted by atomic mass is 32.2. The molecule has 196 valence electrons. The van der Waals surface area contributed by atoms with Gasteiger partial charge in [0.25, 0.3) is 10.0 Å². The topological polar surface area (TPSA) is 116 Å². The maximum Gasteiger partial charge on any atom is 0.310 e. The molecule has 2 aromatic carbocycles. The summed E-state index contributed by atoms with van der Waals surface area (Å²) in [5.41, 5.74) is 5.01. The van der Waals surface area contributed by atoms with Crippen LogP contribution in [-0.4, -0.2) is 44.0 Å². The van der Waals surface area contributed by atoms with Crippen LogP contribution in [0.15, 0.2) is 47.4 Å². The van der Waals surface area contributed by atoms with E-state index in [1.54, 1.807) is 52.8 Å². The maximum absolute atomic E-state index is 13.6. The first kappa shape index (κ1) is 27.6. The van der Waals surface area contributed by atoms with Crippen molar-refractivity contribution in [2.45, 2.75) is 76.0 Å². The minimum Gasteiger partial charge on any atom is -0.486 e. The fourth-order valence-corrected chi connectivity index (χ4v) is 5.24. The van der Waals surface area contributed by atoms with E-state index in [2.05, 4.69) is 0 Å². The highest BCUT2D eigenvalue weighted by Crippen LogP contribution is 2.39. The monoisotopic (exact) mass is 520 g/mol. The van der Waals surface area contributed by atoms with E-state index < -0.39 is 39.1 Å². The lowest BCUT2D eigenvalue weighted by Crippen LogP contribution is -2.45. The SMILES string of the molecule is CC(C)(C)OC(=O)Cc1ccc2c(c1)N(S(=O)(=O)c1ccc(F)cc1)C[C@H](CCC(=O)C(C)(C)N)O2. The Kier molecular flexibility index (Phi) is 7.80. The lowest BCUT2D eigenvalue weighted by molar-refractivity contribution is -0.153. The maximum atomic E-state index is 13.6. The molecule has 3 rings (SSSR count). The first-order valence-corrected chi connectivity index (χ1v) is 13.1. The van der Waals surface area contributed by atoms with E-state index in [0.29, 0.717) is 11.3 Å². The van der Waals surface area contributed by atoms with Crippen LogP contribution in [0.25, 0.3) is 0 Å². The highest BCUT2D eigenvalue weighted by Gasteiger charge is 2.36. The molecule has 0 radical (unpaired) electrons. The highest BCUT2D eigenvalue weighted by molar-refractivity contribution is 7.92. The average Bonchev–Trinajstić information content (AvgIpc) is 2.75. The molecule has 0 unspecified atom stereocenters. The van der Waals surface area contributed by atoms with Gasteiger partial charge in [-0.3, -0.25) is 13.9 Å². The summed E-state index contributed by atoms with van der Waals surface area (Å²) in [5, 5.41) is 0. The number of carbonyl (C=O) groups excluding carboxylic acids is 2. The van der Waals surface area contributed by atoms with Crippen LogP contribution in [0.2, 0.25) is 0 Å². The van der Waals surface area contributed by atoms with Gasteiger partial charge in [0.15, 0.2) is 5.78 Å². The van der Waals surface area contributed by atoms with Crippen LogP contribution in [0, 0.1) is 5.82 Å². The number of ether oxygens (including phenoxy) is 2. The molecule has 1 atom stereocenters. The van der Waals surface area contributed by atoms with Crippen molar-refractivity contribution >= 4 is 27.5 Å². The molecule has 1 heterocycles. The summed E-state index contributed by atoms with van der Waals surface area (Å²) in [6, 6.07) is 9.38. The summed E-state index contributed by atoms with van der Waals surface area (Å²) in [4.78, 5) is 24.6. The number of carbonyl (C=O) groups is 2. The number of Topliss-reactive ketones (excluding diaryl/α,β-unsaturated/α-hetero) is 1. The van der Waals surface area contributed by atoms with Crippen molar-refractivity contribution in [3.8, 4) is 5.75 Å². The van der Waals surface area contributed by atoms with Gasteiger partial charge in [0, 0.05) is 6.42 Å². The van der Waals surface area contributed by atoms with E-state index in [0.717, 1.165) is 12.1 Å². The number of ketones is 1. The van der Waals surface area contributed by atoms with Crippen molar-refractivity contribution in [3.05, 3.63) is 53.8 Å². The van der Waals surface area contributed by atoms with E-state index in [1.807, 2.05) is 0 Å². The molecule has 0 saturated heterocycles. The van der Waals surface area contributed by atoms with E-state index in [4.69, 9.17) is 15.2 Å². The van der Waals surface area contributed by atoms with Crippen LogP contribution in [0.5, 0.6) is 5.75 Å². The third-order valence-electron chi connectivity index (χ3n) is 5.54. The fraction of sp³-hybridized carbons (Fsp3) is 0.462. The zero-order valence-electron chi connectivity index (χ0n) is 21.2. The Balaban J connectivity index is 1.95. The van der Waals surface area contributed by atoms with Crippen molar-refractivity contribution in [2.24, 2.45) is 5.73 Å². The van der Waals surface area contributed by atoms with Gasteiger partial charge in [-0.2, -0.15) is 0 Å². The van der Waals surface area contributed by atoms with Gasteiger partial charge < -0.3 is 15.2 Å². The van der Waals surface area contributed by atoms with Crippen LogP contribution in [0.1, 0.15) is 53.0 Å².